The maximum atomic E-state index is 12.5. The molecule has 3 aromatic rings. The minimum atomic E-state index is -4.49. The smallest absolute Gasteiger partial charge is 0.372 e. The molecule has 0 spiro atoms. The summed E-state index contributed by atoms with van der Waals surface area (Å²) in [5.41, 5.74) is 4.36. The van der Waals surface area contributed by atoms with Crippen molar-refractivity contribution in [1.82, 2.24) is 25.6 Å². The first-order chi connectivity index (χ1) is 16.9. The molecular formula is C25H29F3N6O2. The van der Waals surface area contributed by atoms with Crippen LogP contribution in [0.2, 0.25) is 0 Å². The van der Waals surface area contributed by atoms with E-state index in [0.717, 1.165) is 27.6 Å². The topological polar surface area (TPSA) is 112 Å². The summed E-state index contributed by atoms with van der Waals surface area (Å²) < 4.78 is 37.6. The van der Waals surface area contributed by atoms with Crippen LogP contribution in [0.15, 0.2) is 48.6 Å². The Morgan fingerprint density at radius 3 is 2.53 bits per heavy atom. The van der Waals surface area contributed by atoms with E-state index in [4.69, 9.17) is 0 Å². The number of fused-ring (bicyclic) bond motifs is 1. The summed E-state index contributed by atoms with van der Waals surface area (Å²) in [7, 11) is 0. The number of aromatic amines is 1. The maximum absolute atomic E-state index is 12.5. The van der Waals surface area contributed by atoms with Crippen molar-refractivity contribution >= 4 is 28.5 Å². The van der Waals surface area contributed by atoms with Crippen molar-refractivity contribution in [2.24, 2.45) is 5.92 Å². The normalized spacial score (nSPS) is 12.3. The summed E-state index contributed by atoms with van der Waals surface area (Å²) in [6, 6.07) is 2.80. The van der Waals surface area contributed by atoms with Crippen LogP contribution in [-0.4, -0.2) is 45.5 Å². The molecule has 0 saturated heterocycles. The molecule has 8 nitrogen and oxygen atoms in total. The first-order valence-corrected chi connectivity index (χ1v) is 11.4. The van der Waals surface area contributed by atoms with E-state index in [-0.39, 0.29) is 11.8 Å². The van der Waals surface area contributed by atoms with Gasteiger partial charge in [-0.25, -0.2) is 4.98 Å². The van der Waals surface area contributed by atoms with E-state index in [1.165, 1.54) is 12.3 Å². The number of alkyl halides is 3. The second kappa shape index (κ2) is 11.2. The van der Waals surface area contributed by atoms with Gasteiger partial charge in [0, 0.05) is 53.9 Å². The quantitative estimate of drug-likeness (QED) is 0.326. The van der Waals surface area contributed by atoms with Gasteiger partial charge in [-0.15, -0.1) is 0 Å². The number of nitrogens with one attached hydrogen (secondary N) is 4. The Morgan fingerprint density at radius 2 is 1.86 bits per heavy atom. The molecule has 3 aromatic heterocycles. The van der Waals surface area contributed by atoms with E-state index < -0.39 is 24.7 Å². The molecule has 1 unspecified atom stereocenters. The van der Waals surface area contributed by atoms with Crippen molar-refractivity contribution < 1.29 is 22.8 Å². The maximum Gasteiger partial charge on any atom is 0.405 e. The first kappa shape index (κ1) is 26.7. The number of pyridine rings is 2. The van der Waals surface area contributed by atoms with Crippen LogP contribution in [0.3, 0.4) is 0 Å². The highest BCUT2D eigenvalue weighted by Gasteiger charge is 2.30. The summed E-state index contributed by atoms with van der Waals surface area (Å²) in [6.45, 7) is 6.08. The van der Waals surface area contributed by atoms with E-state index in [0.29, 0.717) is 17.9 Å². The Hall–Kier alpha value is -3.89. The van der Waals surface area contributed by atoms with Gasteiger partial charge >= 0.3 is 6.18 Å². The predicted octanol–water partition coefficient (Wildman–Crippen LogP) is 4.32. The number of rotatable bonds is 9. The second-order valence-corrected chi connectivity index (χ2v) is 9.04. The highest BCUT2D eigenvalue weighted by molar-refractivity contribution is 5.94. The number of nitrogens with zero attached hydrogens (tertiary/aromatic N) is 2. The summed E-state index contributed by atoms with van der Waals surface area (Å²) in [5, 5.41) is 8.57. The fourth-order valence-corrected chi connectivity index (χ4v) is 3.56. The Labute approximate surface area is 206 Å². The van der Waals surface area contributed by atoms with Gasteiger partial charge in [-0.1, -0.05) is 19.4 Å². The molecule has 3 rings (SSSR count). The summed E-state index contributed by atoms with van der Waals surface area (Å²) >= 11 is 0. The van der Waals surface area contributed by atoms with Gasteiger partial charge in [-0.05, 0) is 37.5 Å². The average molecular weight is 503 g/mol. The number of amides is 2. The van der Waals surface area contributed by atoms with E-state index in [1.54, 1.807) is 38.5 Å². The van der Waals surface area contributed by atoms with Crippen LogP contribution in [0.5, 0.6) is 0 Å². The van der Waals surface area contributed by atoms with Crippen molar-refractivity contribution in [3.63, 3.8) is 0 Å². The molecular weight excluding hydrogens is 473 g/mol. The highest BCUT2D eigenvalue weighted by atomic mass is 19.4. The number of allylic oxidation sites excluding steroid dienone is 1. The molecule has 0 aliphatic rings. The van der Waals surface area contributed by atoms with Crippen LogP contribution >= 0.6 is 0 Å². The minimum absolute atomic E-state index is 0.189. The molecule has 0 aliphatic carbocycles. The Kier molecular flexibility index (Phi) is 8.33. The average Bonchev–Trinajstić information content (AvgIpc) is 3.22. The zero-order valence-electron chi connectivity index (χ0n) is 20.5. The van der Waals surface area contributed by atoms with Gasteiger partial charge in [0.05, 0.1) is 5.69 Å². The van der Waals surface area contributed by atoms with E-state index in [9.17, 15) is 22.8 Å². The Morgan fingerprint density at radius 1 is 1.11 bits per heavy atom. The molecule has 2 amide bonds. The number of halogens is 3. The molecule has 1 atom stereocenters. The number of anilines is 1. The van der Waals surface area contributed by atoms with Crippen molar-refractivity contribution in [1.29, 1.82) is 0 Å². The van der Waals surface area contributed by atoms with Crippen LogP contribution < -0.4 is 16.0 Å². The van der Waals surface area contributed by atoms with Gasteiger partial charge in [0.15, 0.2) is 0 Å². The lowest BCUT2D eigenvalue weighted by atomic mass is 10.0. The van der Waals surface area contributed by atoms with Crippen LogP contribution in [-0.2, 0) is 16.1 Å². The number of hydrogen-bond acceptors (Lipinski definition) is 5. The molecule has 0 fully saturated rings. The minimum Gasteiger partial charge on any atom is -0.372 e. The standard InChI is InChI=1S/C25H29F3N6O2/c1-14(2)5-21(35)30-8-16-6-19-20(12-32-23(19)31-9-16)17-7-18(11-29-10-17)34-22(15(3)4)24(36)33-13-25(26,27)28/h5-7,9-12,15,22,34H,8,13H2,1-4H3,(H,30,35)(H,31,32)(H,33,36). The number of aromatic nitrogens is 3. The number of H-pyrrole nitrogens is 1. The first-order valence-electron chi connectivity index (χ1n) is 11.4. The third-order valence-corrected chi connectivity index (χ3v) is 5.26. The molecule has 0 aromatic carbocycles. The molecule has 0 radical (unpaired) electrons. The predicted molar refractivity (Wildman–Crippen MR) is 132 cm³/mol. The lowest BCUT2D eigenvalue weighted by Gasteiger charge is -2.23. The summed E-state index contributed by atoms with van der Waals surface area (Å²) in [6.07, 6.45) is 3.63. The van der Waals surface area contributed by atoms with Gasteiger partial charge in [-0.3, -0.25) is 14.6 Å². The van der Waals surface area contributed by atoms with Crippen molar-refractivity contribution in [3.05, 3.63) is 54.1 Å². The lowest BCUT2D eigenvalue weighted by molar-refractivity contribution is -0.139. The molecule has 0 aliphatic heterocycles. The van der Waals surface area contributed by atoms with Crippen LogP contribution in [0.4, 0.5) is 18.9 Å². The van der Waals surface area contributed by atoms with Crippen molar-refractivity contribution in [2.45, 2.75) is 46.5 Å². The van der Waals surface area contributed by atoms with Crippen LogP contribution in [0.25, 0.3) is 22.2 Å². The van der Waals surface area contributed by atoms with E-state index in [2.05, 4.69) is 25.6 Å². The Balaban J connectivity index is 1.81. The highest BCUT2D eigenvalue weighted by Crippen LogP contribution is 2.29. The molecule has 0 saturated carbocycles. The number of hydrogen-bond donors (Lipinski definition) is 4. The van der Waals surface area contributed by atoms with Crippen molar-refractivity contribution in [3.8, 4) is 11.1 Å². The molecule has 4 N–H and O–H groups in total. The molecule has 3 heterocycles. The van der Waals surface area contributed by atoms with Gasteiger partial charge in [0.2, 0.25) is 11.8 Å². The zero-order valence-corrected chi connectivity index (χ0v) is 20.5. The summed E-state index contributed by atoms with van der Waals surface area (Å²) in [5.74, 6) is -1.21. The molecule has 36 heavy (non-hydrogen) atoms. The Bertz CT molecular complexity index is 1260. The lowest BCUT2D eigenvalue weighted by Crippen LogP contribution is -2.46. The molecule has 192 valence electrons. The summed E-state index contributed by atoms with van der Waals surface area (Å²) in [4.78, 5) is 36.1. The second-order valence-electron chi connectivity index (χ2n) is 9.04. The van der Waals surface area contributed by atoms with Crippen LogP contribution in [0, 0.1) is 5.92 Å². The van der Waals surface area contributed by atoms with Crippen LogP contribution in [0.1, 0.15) is 33.3 Å². The fourth-order valence-electron chi connectivity index (χ4n) is 3.56. The molecule has 11 heteroatoms. The SMILES string of the molecule is CC(C)=CC(=O)NCc1cnc2[nH]cc(-c3cncc(NC(C(=O)NCC(F)(F)F)C(C)C)c3)c2c1. The van der Waals surface area contributed by atoms with Gasteiger partial charge in [-0.2, -0.15) is 13.2 Å². The molecule has 0 bridgehead atoms. The monoisotopic (exact) mass is 502 g/mol. The zero-order chi connectivity index (χ0) is 26.5. The fraction of sp³-hybridized carbons (Fsp3) is 0.360. The number of carbonyl (C=O) groups is 2. The van der Waals surface area contributed by atoms with Crippen molar-refractivity contribution in [2.75, 3.05) is 11.9 Å². The van der Waals surface area contributed by atoms with Gasteiger partial charge in [0.25, 0.3) is 0 Å². The third kappa shape index (κ3) is 7.30. The van der Waals surface area contributed by atoms with Gasteiger partial charge < -0.3 is 20.9 Å². The van der Waals surface area contributed by atoms with E-state index >= 15 is 0 Å². The largest absolute Gasteiger partial charge is 0.405 e. The van der Waals surface area contributed by atoms with Gasteiger partial charge in [0.1, 0.15) is 18.2 Å². The third-order valence-electron chi connectivity index (χ3n) is 5.26. The van der Waals surface area contributed by atoms with E-state index in [1.807, 2.05) is 25.2 Å². The number of carbonyl (C=O) groups excluding carboxylic acids is 2.